The van der Waals surface area contributed by atoms with Crippen LogP contribution in [0.15, 0.2) is 6.07 Å². The van der Waals surface area contributed by atoms with Crippen molar-refractivity contribution in [2.45, 2.75) is 33.2 Å². The minimum atomic E-state index is -0.927. The summed E-state index contributed by atoms with van der Waals surface area (Å²) in [6.45, 7) is 4.61. The van der Waals surface area contributed by atoms with Gasteiger partial charge in [-0.1, -0.05) is 6.92 Å². The first-order valence-electron chi connectivity index (χ1n) is 5.65. The van der Waals surface area contributed by atoms with E-state index in [1.807, 2.05) is 13.8 Å². The molecule has 94 valence electrons. The monoisotopic (exact) mass is 239 g/mol. The second kappa shape index (κ2) is 6.03. The van der Waals surface area contributed by atoms with Crippen molar-refractivity contribution in [3.05, 3.63) is 17.5 Å². The number of carbonyl (C=O) groups excluding carboxylic acids is 1. The Kier molecular flexibility index (Phi) is 4.68. The predicted molar refractivity (Wildman–Crippen MR) is 61.9 cm³/mol. The van der Waals surface area contributed by atoms with E-state index in [0.29, 0.717) is 12.2 Å². The van der Waals surface area contributed by atoms with Crippen LogP contribution in [-0.2, 0) is 17.8 Å². The zero-order valence-electron chi connectivity index (χ0n) is 10.1. The van der Waals surface area contributed by atoms with Gasteiger partial charge in [-0.25, -0.2) is 0 Å². The van der Waals surface area contributed by atoms with Gasteiger partial charge in [0.15, 0.2) is 0 Å². The SMILES string of the molecule is CCc1cc(C(=O)NCCC(=O)O)n(CC)n1. The van der Waals surface area contributed by atoms with E-state index in [1.54, 1.807) is 10.7 Å². The van der Waals surface area contributed by atoms with Gasteiger partial charge in [0.25, 0.3) is 5.91 Å². The molecule has 1 rings (SSSR count). The van der Waals surface area contributed by atoms with Gasteiger partial charge in [0.1, 0.15) is 5.69 Å². The average Bonchev–Trinajstić information content (AvgIpc) is 2.71. The molecule has 0 radical (unpaired) electrons. The molecule has 2 N–H and O–H groups in total. The summed E-state index contributed by atoms with van der Waals surface area (Å²) < 4.78 is 1.62. The number of carboxylic acids is 1. The maximum Gasteiger partial charge on any atom is 0.305 e. The standard InChI is InChI=1S/C11H17N3O3/c1-3-8-7-9(14(4-2)13-8)11(17)12-6-5-10(15)16/h7H,3-6H2,1-2H3,(H,12,17)(H,15,16). The second-order valence-electron chi connectivity index (χ2n) is 3.59. The van der Waals surface area contributed by atoms with Crippen LogP contribution in [0.1, 0.15) is 36.5 Å². The highest BCUT2D eigenvalue weighted by atomic mass is 16.4. The lowest BCUT2D eigenvalue weighted by molar-refractivity contribution is -0.136. The van der Waals surface area contributed by atoms with Gasteiger partial charge in [0.05, 0.1) is 12.1 Å². The smallest absolute Gasteiger partial charge is 0.305 e. The Hall–Kier alpha value is -1.85. The molecule has 0 unspecified atom stereocenters. The number of hydrogen-bond donors (Lipinski definition) is 2. The summed E-state index contributed by atoms with van der Waals surface area (Å²) in [6, 6.07) is 1.74. The zero-order chi connectivity index (χ0) is 12.8. The van der Waals surface area contributed by atoms with E-state index in [4.69, 9.17) is 5.11 Å². The molecule has 1 amide bonds. The Morgan fingerprint density at radius 2 is 2.18 bits per heavy atom. The van der Waals surface area contributed by atoms with Gasteiger partial charge in [-0.3, -0.25) is 14.3 Å². The van der Waals surface area contributed by atoms with E-state index in [2.05, 4.69) is 10.4 Å². The number of nitrogens with zero attached hydrogens (tertiary/aromatic N) is 2. The molecular formula is C11H17N3O3. The number of hydrogen-bond acceptors (Lipinski definition) is 3. The fourth-order valence-electron chi connectivity index (χ4n) is 1.44. The van der Waals surface area contributed by atoms with E-state index in [-0.39, 0.29) is 18.9 Å². The highest BCUT2D eigenvalue weighted by Crippen LogP contribution is 2.05. The number of carboxylic acid groups (broad SMARTS) is 1. The molecule has 0 aliphatic carbocycles. The first kappa shape index (κ1) is 13.2. The summed E-state index contributed by atoms with van der Waals surface area (Å²) >= 11 is 0. The number of aromatic nitrogens is 2. The third-order valence-electron chi connectivity index (χ3n) is 2.35. The number of amides is 1. The molecule has 0 spiro atoms. The molecule has 0 aliphatic heterocycles. The highest BCUT2D eigenvalue weighted by molar-refractivity contribution is 5.92. The van der Waals surface area contributed by atoms with Crippen molar-refractivity contribution in [1.29, 1.82) is 0 Å². The Morgan fingerprint density at radius 1 is 1.47 bits per heavy atom. The van der Waals surface area contributed by atoms with Crippen LogP contribution in [-0.4, -0.2) is 33.3 Å². The molecule has 6 heteroatoms. The molecule has 0 saturated heterocycles. The Balaban J connectivity index is 2.67. The van der Waals surface area contributed by atoms with Crippen LogP contribution < -0.4 is 5.32 Å². The maximum atomic E-state index is 11.8. The van der Waals surface area contributed by atoms with Crippen LogP contribution >= 0.6 is 0 Å². The lowest BCUT2D eigenvalue weighted by atomic mass is 10.3. The molecule has 6 nitrogen and oxygen atoms in total. The summed E-state index contributed by atoms with van der Waals surface area (Å²) in [5.41, 5.74) is 1.34. The van der Waals surface area contributed by atoms with E-state index >= 15 is 0 Å². The van der Waals surface area contributed by atoms with Gasteiger partial charge in [-0.05, 0) is 19.4 Å². The molecule has 17 heavy (non-hydrogen) atoms. The van der Waals surface area contributed by atoms with Crippen LogP contribution in [0.5, 0.6) is 0 Å². The van der Waals surface area contributed by atoms with Crippen molar-refractivity contribution in [2.75, 3.05) is 6.54 Å². The minimum Gasteiger partial charge on any atom is -0.481 e. The third kappa shape index (κ3) is 3.58. The lowest BCUT2D eigenvalue weighted by Gasteiger charge is -2.04. The van der Waals surface area contributed by atoms with Crippen molar-refractivity contribution in [1.82, 2.24) is 15.1 Å². The van der Waals surface area contributed by atoms with Crippen LogP contribution in [0.25, 0.3) is 0 Å². The molecule has 1 heterocycles. The van der Waals surface area contributed by atoms with Crippen molar-refractivity contribution >= 4 is 11.9 Å². The maximum absolute atomic E-state index is 11.8. The molecule has 0 aromatic carbocycles. The first-order valence-corrected chi connectivity index (χ1v) is 5.65. The van der Waals surface area contributed by atoms with Gasteiger partial charge in [-0.2, -0.15) is 5.10 Å². The van der Waals surface area contributed by atoms with Crippen LogP contribution in [0, 0.1) is 0 Å². The van der Waals surface area contributed by atoms with Gasteiger partial charge in [-0.15, -0.1) is 0 Å². The molecule has 1 aromatic rings. The topological polar surface area (TPSA) is 84.2 Å². The quantitative estimate of drug-likeness (QED) is 0.764. The second-order valence-corrected chi connectivity index (χ2v) is 3.59. The van der Waals surface area contributed by atoms with Gasteiger partial charge in [0.2, 0.25) is 0 Å². The fourth-order valence-corrected chi connectivity index (χ4v) is 1.44. The predicted octanol–water partition coefficient (Wildman–Crippen LogP) is 0.670. The number of aryl methyl sites for hydroxylation is 2. The molecular weight excluding hydrogens is 222 g/mol. The van der Waals surface area contributed by atoms with E-state index in [1.165, 1.54) is 0 Å². The Bertz CT molecular complexity index is 412. The average molecular weight is 239 g/mol. The molecule has 0 fully saturated rings. The minimum absolute atomic E-state index is 0.0767. The summed E-state index contributed by atoms with van der Waals surface area (Å²) in [4.78, 5) is 22.1. The number of aliphatic carboxylic acids is 1. The van der Waals surface area contributed by atoms with E-state index in [0.717, 1.165) is 12.1 Å². The summed E-state index contributed by atoms with van der Waals surface area (Å²) in [5.74, 6) is -1.20. The van der Waals surface area contributed by atoms with Crippen molar-refractivity contribution < 1.29 is 14.7 Å². The molecule has 0 bridgehead atoms. The van der Waals surface area contributed by atoms with E-state index < -0.39 is 5.97 Å². The first-order chi connectivity index (χ1) is 8.08. The van der Waals surface area contributed by atoms with Crippen molar-refractivity contribution in [3.63, 3.8) is 0 Å². The number of rotatable bonds is 6. The summed E-state index contributed by atoms with van der Waals surface area (Å²) in [6.07, 6.45) is 0.690. The van der Waals surface area contributed by atoms with Gasteiger partial charge < -0.3 is 10.4 Å². The number of nitrogens with one attached hydrogen (secondary N) is 1. The highest BCUT2D eigenvalue weighted by Gasteiger charge is 2.13. The molecule has 1 aromatic heterocycles. The van der Waals surface area contributed by atoms with Gasteiger partial charge in [0, 0.05) is 13.1 Å². The van der Waals surface area contributed by atoms with Crippen LogP contribution in [0.2, 0.25) is 0 Å². The van der Waals surface area contributed by atoms with Crippen LogP contribution in [0.4, 0.5) is 0 Å². The third-order valence-corrected chi connectivity index (χ3v) is 2.35. The molecule has 0 saturated carbocycles. The zero-order valence-corrected chi connectivity index (χ0v) is 10.1. The fraction of sp³-hybridized carbons (Fsp3) is 0.545. The van der Waals surface area contributed by atoms with Crippen LogP contribution in [0.3, 0.4) is 0 Å². The molecule has 0 aliphatic rings. The van der Waals surface area contributed by atoms with Crippen molar-refractivity contribution in [3.8, 4) is 0 Å². The van der Waals surface area contributed by atoms with Gasteiger partial charge >= 0.3 is 5.97 Å². The summed E-state index contributed by atoms with van der Waals surface area (Å²) in [7, 11) is 0. The molecule has 0 atom stereocenters. The normalized spacial score (nSPS) is 10.2. The Morgan fingerprint density at radius 3 is 2.71 bits per heavy atom. The lowest BCUT2D eigenvalue weighted by Crippen LogP contribution is -2.28. The van der Waals surface area contributed by atoms with E-state index in [9.17, 15) is 9.59 Å². The number of carbonyl (C=O) groups is 2. The van der Waals surface area contributed by atoms with Crippen molar-refractivity contribution in [2.24, 2.45) is 0 Å². The Labute approximate surface area is 99.6 Å². The summed E-state index contributed by atoms with van der Waals surface area (Å²) in [5, 5.41) is 15.3. The largest absolute Gasteiger partial charge is 0.481 e.